The number of carbonyl (C=O) groups excluding carboxylic acids is 2. The second-order valence-corrected chi connectivity index (χ2v) is 6.30. The van der Waals surface area contributed by atoms with Crippen molar-refractivity contribution in [3.8, 4) is 0 Å². The second kappa shape index (κ2) is 5.76. The summed E-state index contributed by atoms with van der Waals surface area (Å²) in [6.07, 6.45) is 2.08. The predicted octanol–water partition coefficient (Wildman–Crippen LogP) is 3.17. The Kier molecular flexibility index (Phi) is 4.77. The lowest BCUT2D eigenvalue weighted by Crippen LogP contribution is -2.49. The topological polar surface area (TPSA) is 46.6 Å². The molecule has 0 saturated carbocycles. The molecule has 0 fully saturated rings. The van der Waals surface area contributed by atoms with Crippen LogP contribution in [-0.2, 0) is 9.53 Å². The fraction of sp³-hybridized carbons (Fsp3) is 0.733. The maximum absolute atomic E-state index is 12.2. The van der Waals surface area contributed by atoms with Crippen LogP contribution in [0.15, 0.2) is 11.6 Å². The third-order valence-electron chi connectivity index (χ3n) is 3.10. The van der Waals surface area contributed by atoms with E-state index in [1.54, 1.807) is 11.0 Å². The Balaban J connectivity index is 2.98. The molecule has 1 rings (SSSR count). The second-order valence-electron chi connectivity index (χ2n) is 6.30. The molecule has 0 aromatic rings. The smallest absolute Gasteiger partial charge is 0.411 e. The van der Waals surface area contributed by atoms with Gasteiger partial charge in [0.1, 0.15) is 5.60 Å². The normalized spacial score (nSPS) is 20.6. The molecule has 0 bridgehead atoms. The third kappa shape index (κ3) is 4.08. The molecule has 0 aliphatic carbocycles. The van der Waals surface area contributed by atoms with Crippen LogP contribution in [0.4, 0.5) is 4.79 Å². The number of amides is 1. The molecule has 4 nitrogen and oxygen atoms in total. The number of ketones is 1. The highest BCUT2D eigenvalue weighted by Gasteiger charge is 2.34. The summed E-state index contributed by atoms with van der Waals surface area (Å²) < 4.78 is 5.39. The Morgan fingerprint density at radius 3 is 2.47 bits per heavy atom. The molecule has 0 N–H and O–H groups in total. The first-order chi connectivity index (χ1) is 8.65. The van der Waals surface area contributed by atoms with Gasteiger partial charge in [-0.3, -0.25) is 9.69 Å². The average Bonchev–Trinajstić information content (AvgIpc) is 2.25. The number of ether oxygens (including phenoxy) is 1. The zero-order chi connectivity index (χ0) is 14.8. The molecule has 0 saturated heterocycles. The van der Waals surface area contributed by atoms with E-state index < -0.39 is 11.7 Å². The van der Waals surface area contributed by atoms with Crippen molar-refractivity contribution in [1.82, 2.24) is 4.90 Å². The van der Waals surface area contributed by atoms with Crippen molar-refractivity contribution in [2.75, 3.05) is 6.54 Å². The first kappa shape index (κ1) is 15.7. The summed E-state index contributed by atoms with van der Waals surface area (Å²) >= 11 is 0. The molecule has 1 amide bonds. The van der Waals surface area contributed by atoms with Crippen LogP contribution in [-0.4, -0.2) is 35.0 Å². The third-order valence-corrected chi connectivity index (χ3v) is 3.10. The van der Waals surface area contributed by atoms with E-state index in [1.807, 2.05) is 41.5 Å². The highest BCUT2D eigenvalue weighted by Crippen LogP contribution is 2.27. The van der Waals surface area contributed by atoms with Gasteiger partial charge in [0.15, 0.2) is 5.78 Å². The Morgan fingerprint density at radius 1 is 1.47 bits per heavy atom. The predicted molar refractivity (Wildman–Crippen MR) is 74.9 cm³/mol. The molecular formula is C15H25NO3. The Labute approximate surface area is 115 Å². The standard InChI is InChI=1S/C15H25NO3/c1-7-13-12(10(2)3)8-11(17)9-16(13)14(18)19-15(4,5)6/h8,10,13H,7,9H2,1-6H3/t13-/m1/s1. The molecule has 0 unspecified atom stereocenters. The Hall–Kier alpha value is -1.32. The summed E-state index contributed by atoms with van der Waals surface area (Å²) in [5, 5.41) is 0. The van der Waals surface area contributed by atoms with E-state index in [9.17, 15) is 9.59 Å². The number of carbonyl (C=O) groups is 2. The Morgan fingerprint density at radius 2 is 2.05 bits per heavy atom. The van der Waals surface area contributed by atoms with Crippen LogP contribution in [0.25, 0.3) is 0 Å². The van der Waals surface area contributed by atoms with Crippen molar-refractivity contribution in [2.45, 2.75) is 59.6 Å². The van der Waals surface area contributed by atoms with Crippen molar-refractivity contribution in [1.29, 1.82) is 0 Å². The maximum atomic E-state index is 12.2. The van der Waals surface area contributed by atoms with E-state index in [0.717, 1.165) is 12.0 Å². The van der Waals surface area contributed by atoms with Crippen molar-refractivity contribution in [3.63, 3.8) is 0 Å². The average molecular weight is 267 g/mol. The molecule has 1 aliphatic heterocycles. The van der Waals surface area contributed by atoms with E-state index in [0.29, 0.717) is 0 Å². The molecule has 0 radical (unpaired) electrons. The lowest BCUT2D eigenvalue weighted by atomic mass is 9.89. The highest BCUT2D eigenvalue weighted by molar-refractivity contribution is 5.95. The molecule has 4 heteroatoms. The monoisotopic (exact) mass is 267 g/mol. The van der Waals surface area contributed by atoms with E-state index in [1.165, 1.54) is 0 Å². The zero-order valence-corrected chi connectivity index (χ0v) is 12.8. The van der Waals surface area contributed by atoms with Gasteiger partial charge in [-0.15, -0.1) is 0 Å². The number of hydrogen-bond acceptors (Lipinski definition) is 3. The summed E-state index contributed by atoms with van der Waals surface area (Å²) in [6.45, 7) is 11.7. The molecule has 0 aromatic heterocycles. The van der Waals surface area contributed by atoms with Gasteiger partial charge >= 0.3 is 6.09 Å². The van der Waals surface area contributed by atoms with Crippen LogP contribution in [0.1, 0.15) is 48.0 Å². The minimum atomic E-state index is -0.544. The van der Waals surface area contributed by atoms with Gasteiger partial charge in [-0.2, -0.15) is 0 Å². The van der Waals surface area contributed by atoms with Gasteiger partial charge in [0.05, 0.1) is 12.6 Å². The van der Waals surface area contributed by atoms with Crippen molar-refractivity contribution < 1.29 is 14.3 Å². The summed E-state index contributed by atoms with van der Waals surface area (Å²) in [5.74, 6) is 0.221. The number of nitrogens with zero attached hydrogens (tertiary/aromatic N) is 1. The van der Waals surface area contributed by atoms with Crippen LogP contribution in [0.2, 0.25) is 0 Å². The highest BCUT2D eigenvalue weighted by atomic mass is 16.6. The number of hydrogen-bond donors (Lipinski definition) is 0. The van der Waals surface area contributed by atoms with E-state index in [-0.39, 0.29) is 24.3 Å². The van der Waals surface area contributed by atoms with Gasteiger partial charge in [0.2, 0.25) is 0 Å². The summed E-state index contributed by atoms with van der Waals surface area (Å²) in [6, 6.07) is -0.0347. The van der Waals surface area contributed by atoms with Crippen molar-refractivity contribution >= 4 is 11.9 Å². The van der Waals surface area contributed by atoms with Crippen molar-refractivity contribution in [3.05, 3.63) is 11.6 Å². The van der Waals surface area contributed by atoms with Gasteiger partial charge < -0.3 is 4.74 Å². The molecule has 108 valence electrons. The minimum Gasteiger partial charge on any atom is -0.444 e. The fourth-order valence-electron chi connectivity index (χ4n) is 2.31. The molecular weight excluding hydrogens is 242 g/mol. The first-order valence-electron chi connectivity index (χ1n) is 6.89. The van der Waals surface area contributed by atoms with E-state index >= 15 is 0 Å². The van der Waals surface area contributed by atoms with Gasteiger partial charge in [-0.25, -0.2) is 4.79 Å². The SMILES string of the molecule is CC[C@@H]1C(C(C)C)=CC(=O)CN1C(=O)OC(C)(C)C. The van der Waals surface area contributed by atoms with E-state index in [4.69, 9.17) is 4.74 Å². The van der Waals surface area contributed by atoms with Crippen LogP contribution in [0.3, 0.4) is 0 Å². The van der Waals surface area contributed by atoms with Crippen LogP contribution < -0.4 is 0 Å². The molecule has 1 atom stereocenters. The van der Waals surface area contributed by atoms with Gasteiger partial charge in [0.25, 0.3) is 0 Å². The van der Waals surface area contributed by atoms with Crippen molar-refractivity contribution in [2.24, 2.45) is 5.92 Å². The quantitative estimate of drug-likeness (QED) is 0.772. The summed E-state index contributed by atoms with van der Waals surface area (Å²) in [5.41, 5.74) is 0.474. The summed E-state index contributed by atoms with van der Waals surface area (Å²) in [7, 11) is 0. The molecule has 1 heterocycles. The lowest BCUT2D eigenvalue weighted by Gasteiger charge is -2.37. The van der Waals surface area contributed by atoms with Crippen LogP contribution in [0, 0.1) is 5.92 Å². The fourth-order valence-corrected chi connectivity index (χ4v) is 2.31. The molecule has 19 heavy (non-hydrogen) atoms. The van der Waals surface area contributed by atoms with Gasteiger partial charge in [0, 0.05) is 0 Å². The molecule has 0 aromatic carbocycles. The van der Waals surface area contributed by atoms with Gasteiger partial charge in [-0.05, 0) is 44.8 Å². The lowest BCUT2D eigenvalue weighted by molar-refractivity contribution is -0.117. The van der Waals surface area contributed by atoms with E-state index in [2.05, 4.69) is 0 Å². The van der Waals surface area contributed by atoms with Crippen LogP contribution >= 0.6 is 0 Å². The largest absolute Gasteiger partial charge is 0.444 e. The van der Waals surface area contributed by atoms with Crippen LogP contribution in [0.5, 0.6) is 0 Å². The molecule has 1 aliphatic rings. The van der Waals surface area contributed by atoms with Gasteiger partial charge in [-0.1, -0.05) is 20.8 Å². The molecule has 0 spiro atoms. The maximum Gasteiger partial charge on any atom is 0.411 e. The Bertz CT molecular complexity index is 391. The number of rotatable bonds is 2. The zero-order valence-electron chi connectivity index (χ0n) is 12.8. The minimum absolute atomic E-state index is 0.0285. The summed E-state index contributed by atoms with van der Waals surface area (Å²) in [4.78, 5) is 25.6. The first-order valence-corrected chi connectivity index (χ1v) is 6.89.